The van der Waals surface area contributed by atoms with Gasteiger partial charge in [-0.25, -0.2) is 0 Å². The Morgan fingerprint density at radius 1 is 1.00 bits per heavy atom. The van der Waals surface area contributed by atoms with Gasteiger partial charge in [0.05, 0.1) is 17.9 Å². The molecular weight excluding hydrogens is 396 g/mol. The monoisotopic (exact) mass is 424 g/mol. The molecule has 0 aliphatic heterocycles. The molecule has 1 saturated carbocycles. The molecule has 0 aromatic carbocycles. The Labute approximate surface area is 177 Å². The van der Waals surface area contributed by atoms with Crippen LogP contribution in [0.1, 0.15) is 37.1 Å². The predicted molar refractivity (Wildman–Crippen MR) is 104 cm³/mol. The van der Waals surface area contributed by atoms with E-state index in [0.717, 1.165) is 37.2 Å². The van der Waals surface area contributed by atoms with Gasteiger partial charge in [-0.1, -0.05) is 25.0 Å². The van der Waals surface area contributed by atoms with Gasteiger partial charge < -0.3 is 5.11 Å². The van der Waals surface area contributed by atoms with E-state index in [4.69, 9.17) is 0 Å². The summed E-state index contributed by atoms with van der Waals surface area (Å²) in [7, 11) is 2.12. The molecule has 0 amide bonds. The number of likely N-dealkylation sites (N-methyl/N-ethyl adjacent to an activating group) is 1. The fourth-order valence-electron chi connectivity index (χ4n) is 4.06. The van der Waals surface area contributed by atoms with Crippen LogP contribution in [0.3, 0.4) is 0 Å². The molecule has 0 spiro atoms. The third kappa shape index (κ3) is 6.38. The number of carboxylic acids is 1. The molecule has 2 atom stereocenters. The van der Waals surface area contributed by atoms with E-state index in [1.807, 2.05) is 42.6 Å². The predicted octanol–water partition coefficient (Wildman–Crippen LogP) is 2.80. The Balaban J connectivity index is 0.00000280. The summed E-state index contributed by atoms with van der Waals surface area (Å²) in [5.41, 5.74) is 1.95. The molecule has 1 aliphatic rings. The van der Waals surface area contributed by atoms with E-state index in [1.54, 1.807) is 6.20 Å². The Hall–Kier alpha value is -1.79. The van der Waals surface area contributed by atoms with Gasteiger partial charge >= 0.3 is 23.0 Å². The molecule has 150 valence electrons. The number of pyridine rings is 2. The number of aromatic nitrogens is 2. The van der Waals surface area contributed by atoms with E-state index < -0.39 is 5.97 Å². The van der Waals surface area contributed by atoms with Crippen molar-refractivity contribution in [2.75, 3.05) is 13.6 Å². The molecule has 28 heavy (non-hydrogen) atoms. The Morgan fingerprint density at radius 2 is 1.57 bits per heavy atom. The molecule has 2 heterocycles. The maximum Gasteiger partial charge on any atom is 2.00 e. The van der Waals surface area contributed by atoms with Gasteiger partial charge in [-0.3, -0.25) is 24.6 Å². The normalized spacial score (nSPS) is 19.4. The number of aliphatic carboxylic acids is 1. The van der Waals surface area contributed by atoms with Gasteiger partial charge in [0.15, 0.2) is 0 Å². The van der Waals surface area contributed by atoms with Crippen molar-refractivity contribution in [1.29, 1.82) is 0 Å². The number of hydrogen-bond acceptors (Lipinski definition) is 5. The van der Waals surface area contributed by atoms with Crippen molar-refractivity contribution in [1.82, 2.24) is 19.8 Å². The summed E-state index contributed by atoms with van der Waals surface area (Å²) in [6.45, 7) is 1.37. The molecule has 1 N–H and O–H groups in total. The van der Waals surface area contributed by atoms with Gasteiger partial charge in [0, 0.05) is 37.6 Å². The van der Waals surface area contributed by atoms with Crippen LogP contribution >= 0.6 is 0 Å². The molecule has 2 aromatic rings. The van der Waals surface area contributed by atoms with Crippen LogP contribution in [-0.4, -0.2) is 56.5 Å². The van der Waals surface area contributed by atoms with E-state index in [9.17, 15) is 9.90 Å². The average molecular weight is 424 g/mol. The Morgan fingerprint density at radius 3 is 2.11 bits per heavy atom. The van der Waals surface area contributed by atoms with Gasteiger partial charge in [0.25, 0.3) is 0 Å². The first kappa shape index (κ1) is 22.5. The molecule has 0 unspecified atom stereocenters. The quantitative estimate of drug-likeness (QED) is 0.658. The second-order valence-corrected chi connectivity index (χ2v) is 7.28. The van der Waals surface area contributed by atoms with Crippen LogP contribution in [0.4, 0.5) is 0 Å². The standard InChI is InChI=1S/C21H28N4O2.Fe/c1-24(14-17-8-4-6-12-22-17)19-10-2-3-11-20(19)25(16-21(26)27)15-18-9-5-7-13-23-18;/h4-9,12-13,19-20H,2-3,10-11,14-16H2,1H3,(H,26,27);/q;+2/t19-,20-;/m0./s1. The van der Waals surface area contributed by atoms with Crippen LogP contribution in [-0.2, 0) is 35.0 Å². The first-order chi connectivity index (χ1) is 13.1. The minimum atomic E-state index is -0.789. The number of rotatable bonds is 8. The van der Waals surface area contributed by atoms with Gasteiger partial charge in [-0.15, -0.1) is 0 Å². The topological polar surface area (TPSA) is 69.6 Å². The molecular formula is C21H28FeN4O2+2. The zero-order valence-corrected chi connectivity index (χ0v) is 17.3. The fraction of sp³-hybridized carbons (Fsp3) is 0.476. The van der Waals surface area contributed by atoms with Gasteiger partial charge in [0.2, 0.25) is 0 Å². The fourth-order valence-corrected chi connectivity index (χ4v) is 4.06. The first-order valence-electron chi connectivity index (χ1n) is 9.59. The van der Waals surface area contributed by atoms with E-state index in [-0.39, 0.29) is 29.7 Å². The number of carbonyl (C=O) groups is 1. The molecule has 0 radical (unpaired) electrons. The van der Waals surface area contributed by atoms with Crippen LogP contribution in [0.25, 0.3) is 0 Å². The summed E-state index contributed by atoms with van der Waals surface area (Å²) in [4.78, 5) is 24.8. The van der Waals surface area contributed by atoms with Gasteiger partial charge in [-0.05, 0) is 44.2 Å². The van der Waals surface area contributed by atoms with Crippen molar-refractivity contribution in [2.45, 2.75) is 50.9 Å². The van der Waals surface area contributed by atoms with Crippen molar-refractivity contribution >= 4 is 5.97 Å². The summed E-state index contributed by atoms with van der Waals surface area (Å²) in [5.74, 6) is -0.789. The Kier molecular flexibility index (Phi) is 9.05. The van der Waals surface area contributed by atoms with Crippen molar-refractivity contribution in [3.05, 3.63) is 60.2 Å². The van der Waals surface area contributed by atoms with E-state index in [0.29, 0.717) is 12.6 Å². The van der Waals surface area contributed by atoms with Crippen LogP contribution in [0.2, 0.25) is 0 Å². The van der Waals surface area contributed by atoms with Crippen molar-refractivity contribution < 1.29 is 27.0 Å². The third-order valence-electron chi connectivity index (χ3n) is 5.30. The van der Waals surface area contributed by atoms with E-state index in [2.05, 4.69) is 26.8 Å². The second-order valence-electron chi connectivity index (χ2n) is 7.28. The molecule has 0 saturated heterocycles. The van der Waals surface area contributed by atoms with Crippen LogP contribution in [0.5, 0.6) is 0 Å². The van der Waals surface area contributed by atoms with Crippen LogP contribution in [0.15, 0.2) is 48.8 Å². The minimum Gasteiger partial charge on any atom is -0.480 e. The number of nitrogens with zero attached hydrogens (tertiary/aromatic N) is 4. The first-order valence-corrected chi connectivity index (χ1v) is 9.59. The molecule has 3 rings (SSSR count). The van der Waals surface area contributed by atoms with Gasteiger partial charge in [0.1, 0.15) is 0 Å². The largest absolute Gasteiger partial charge is 2.00 e. The summed E-state index contributed by atoms with van der Waals surface area (Å²) in [6.07, 6.45) is 7.98. The maximum atomic E-state index is 11.5. The number of hydrogen-bond donors (Lipinski definition) is 1. The Bertz CT molecular complexity index is 717. The molecule has 0 bridgehead atoms. The zero-order valence-electron chi connectivity index (χ0n) is 16.2. The number of carboxylic acid groups (broad SMARTS) is 1. The molecule has 7 heteroatoms. The van der Waals surface area contributed by atoms with E-state index >= 15 is 0 Å². The van der Waals surface area contributed by atoms with Crippen LogP contribution in [0, 0.1) is 0 Å². The van der Waals surface area contributed by atoms with Gasteiger partial charge in [-0.2, -0.15) is 0 Å². The van der Waals surface area contributed by atoms with Crippen molar-refractivity contribution in [2.24, 2.45) is 0 Å². The summed E-state index contributed by atoms with van der Waals surface area (Å²) >= 11 is 0. The summed E-state index contributed by atoms with van der Waals surface area (Å²) in [5, 5.41) is 9.47. The maximum absolute atomic E-state index is 11.5. The smallest absolute Gasteiger partial charge is 0.480 e. The minimum absolute atomic E-state index is 0. The van der Waals surface area contributed by atoms with Crippen molar-refractivity contribution in [3.8, 4) is 0 Å². The molecule has 1 aliphatic carbocycles. The summed E-state index contributed by atoms with van der Waals surface area (Å²) in [6, 6.07) is 12.3. The summed E-state index contributed by atoms with van der Waals surface area (Å²) < 4.78 is 0. The third-order valence-corrected chi connectivity index (χ3v) is 5.30. The molecule has 2 aromatic heterocycles. The molecule has 6 nitrogen and oxygen atoms in total. The average Bonchev–Trinajstić information content (AvgIpc) is 2.69. The SMILES string of the molecule is CN(Cc1ccccn1)[C@H]1CCCC[C@@H]1N(CC(=O)O)Cc1ccccn1.[Fe+2]. The second kappa shape index (κ2) is 11.3. The van der Waals surface area contributed by atoms with Crippen molar-refractivity contribution in [3.63, 3.8) is 0 Å². The molecule has 1 fully saturated rings. The van der Waals surface area contributed by atoms with E-state index in [1.165, 1.54) is 6.42 Å². The van der Waals surface area contributed by atoms with Crippen LogP contribution < -0.4 is 0 Å². The zero-order chi connectivity index (χ0) is 19.1.